The van der Waals surface area contributed by atoms with Gasteiger partial charge in [-0.1, -0.05) is 19.8 Å². The Morgan fingerprint density at radius 2 is 1.86 bits per heavy atom. The van der Waals surface area contributed by atoms with Crippen molar-refractivity contribution in [2.24, 2.45) is 11.5 Å². The number of aliphatic hydroxyl groups excluding tert-OH is 1. The van der Waals surface area contributed by atoms with Crippen LogP contribution in [-0.4, -0.2) is 37.4 Å². The third-order valence-electron chi connectivity index (χ3n) is 1.57. The van der Waals surface area contributed by atoms with Gasteiger partial charge in [-0.3, -0.25) is 0 Å². The van der Waals surface area contributed by atoms with Gasteiger partial charge in [0.05, 0.1) is 6.10 Å². The summed E-state index contributed by atoms with van der Waals surface area (Å²) in [6, 6.07) is 0. The number of aliphatic hydroxyl groups is 1. The first-order valence-electron chi connectivity index (χ1n) is 5.47. The molecule has 0 radical (unpaired) electrons. The van der Waals surface area contributed by atoms with E-state index in [0.717, 1.165) is 13.1 Å². The molecule has 4 nitrogen and oxygen atoms in total. The first-order valence-corrected chi connectivity index (χ1v) is 5.47. The Kier molecular flexibility index (Phi) is 17.8. The number of nitrogens with two attached hydrogens (primary N) is 2. The lowest BCUT2D eigenvalue weighted by atomic mass is 10.3. The second kappa shape index (κ2) is 15.3. The number of rotatable bonds is 7. The summed E-state index contributed by atoms with van der Waals surface area (Å²) in [5.74, 6) is 0. The van der Waals surface area contributed by atoms with E-state index in [-0.39, 0.29) is 6.10 Å². The summed E-state index contributed by atoms with van der Waals surface area (Å²) < 4.78 is 0. The zero-order valence-corrected chi connectivity index (χ0v) is 9.63. The maximum absolute atomic E-state index is 8.68. The second-order valence-electron chi connectivity index (χ2n) is 3.34. The second-order valence-corrected chi connectivity index (χ2v) is 3.34. The monoisotopic (exact) mass is 205 g/mol. The Morgan fingerprint density at radius 1 is 1.21 bits per heavy atom. The summed E-state index contributed by atoms with van der Waals surface area (Å²) >= 11 is 0. The largest absolute Gasteiger partial charge is 0.392 e. The molecule has 14 heavy (non-hydrogen) atoms. The van der Waals surface area contributed by atoms with Crippen molar-refractivity contribution >= 4 is 0 Å². The van der Waals surface area contributed by atoms with E-state index in [1.165, 1.54) is 19.3 Å². The Labute approximate surface area is 88.1 Å². The molecule has 0 spiro atoms. The highest BCUT2D eigenvalue weighted by molar-refractivity contribution is 4.51. The van der Waals surface area contributed by atoms with Crippen LogP contribution in [0.2, 0.25) is 0 Å². The van der Waals surface area contributed by atoms with Gasteiger partial charge in [-0.05, 0) is 19.9 Å². The van der Waals surface area contributed by atoms with Gasteiger partial charge < -0.3 is 21.9 Å². The van der Waals surface area contributed by atoms with Gasteiger partial charge in [-0.25, -0.2) is 0 Å². The Morgan fingerprint density at radius 3 is 2.14 bits per heavy atom. The van der Waals surface area contributed by atoms with Gasteiger partial charge in [0.15, 0.2) is 0 Å². The summed E-state index contributed by atoms with van der Waals surface area (Å²) in [7, 11) is 0. The lowest BCUT2D eigenvalue weighted by Crippen LogP contribution is -2.29. The van der Waals surface area contributed by atoms with Crippen LogP contribution >= 0.6 is 0 Å². The van der Waals surface area contributed by atoms with Crippen LogP contribution in [0.25, 0.3) is 0 Å². The molecule has 0 heterocycles. The average molecular weight is 205 g/mol. The van der Waals surface area contributed by atoms with E-state index in [0.29, 0.717) is 13.1 Å². The first-order chi connectivity index (χ1) is 6.68. The minimum atomic E-state index is -0.262. The SMILES string of the molecule is CC(O)CNCCN.CCCCCN. The van der Waals surface area contributed by atoms with Crippen LogP contribution in [0.15, 0.2) is 0 Å². The number of hydrogen-bond donors (Lipinski definition) is 4. The quantitative estimate of drug-likeness (QED) is 0.443. The van der Waals surface area contributed by atoms with Crippen LogP contribution in [0.3, 0.4) is 0 Å². The minimum absolute atomic E-state index is 0.262. The standard InChI is InChI=1S/C5H14N2O.C5H13N/c1-5(8)4-7-3-2-6;1-2-3-4-5-6/h5,7-8H,2-4,6H2,1H3;2-6H2,1H3. The third kappa shape index (κ3) is 22.6. The zero-order chi connectivity index (χ0) is 11.2. The van der Waals surface area contributed by atoms with E-state index in [1.807, 2.05) is 0 Å². The summed E-state index contributed by atoms with van der Waals surface area (Å²) in [5.41, 5.74) is 10.4. The van der Waals surface area contributed by atoms with Gasteiger partial charge in [0.1, 0.15) is 0 Å². The highest BCUT2D eigenvalue weighted by atomic mass is 16.3. The van der Waals surface area contributed by atoms with E-state index >= 15 is 0 Å². The van der Waals surface area contributed by atoms with Gasteiger partial charge in [0, 0.05) is 19.6 Å². The molecular weight excluding hydrogens is 178 g/mol. The van der Waals surface area contributed by atoms with Gasteiger partial charge in [0.2, 0.25) is 0 Å². The zero-order valence-electron chi connectivity index (χ0n) is 9.63. The van der Waals surface area contributed by atoms with Crippen molar-refractivity contribution in [2.45, 2.75) is 39.2 Å². The molecule has 0 fully saturated rings. The van der Waals surface area contributed by atoms with Crippen molar-refractivity contribution in [2.75, 3.05) is 26.2 Å². The van der Waals surface area contributed by atoms with Crippen molar-refractivity contribution in [3.05, 3.63) is 0 Å². The summed E-state index contributed by atoms with van der Waals surface area (Å²) in [6.45, 7) is 6.82. The van der Waals surface area contributed by atoms with Gasteiger partial charge >= 0.3 is 0 Å². The Balaban J connectivity index is 0. The van der Waals surface area contributed by atoms with Crippen LogP contribution in [0.1, 0.15) is 33.1 Å². The van der Waals surface area contributed by atoms with Crippen molar-refractivity contribution in [1.82, 2.24) is 5.32 Å². The molecule has 0 amide bonds. The fourth-order valence-corrected chi connectivity index (χ4v) is 0.807. The maximum Gasteiger partial charge on any atom is 0.0636 e. The number of unbranched alkanes of at least 4 members (excludes halogenated alkanes) is 2. The third-order valence-corrected chi connectivity index (χ3v) is 1.57. The molecule has 1 atom stereocenters. The van der Waals surface area contributed by atoms with E-state index < -0.39 is 0 Å². The minimum Gasteiger partial charge on any atom is -0.392 e. The number of hydrogen-bond acceptors (Lipinski definition) is 4. The van der Waals surface area contributed by atoms with Crippen LogP contribution in [0.5, 0.6) is 0 Å². The van der Waals surface area contributed by atoms with Crippen molar-refractivity contribution in [3.63, 3.8) is 0 Å². The predicted octanol–water partition coefficient (Wildman–Crippen LogP) is 0.0508. The van der Waals surface area contributed by atoms with Crippen molar-refractivity contribution < 1.29 is 5.11 Å². The molecule has 0 aromatic rings. The lowest BCUT2D eigenvalue weighted by molar-refractivity contribution is 0.192. The molecule has 0 saturated carbocycles. The van der Waals surface area contributed by atoms with Crippen LogP contribution in [0.4, 0.5) is 0 Å². The van der Waals surface area contributed by atoms with Gasteiger partial charge in [0.25, 0.3) is 0 Å². The number of nitrogens with one attached hydrogen (secondary N) is 1. The molecule has 0 aliphatic rings. The molecule has 88 valence electrons. The van der Waals surface area contributed by atoms with Crippen LogP contribution < -0.4 is 16.8 Å². The van der Waals surface area contributed by atoms with E-state index in [1.54, 1.807) is 6.92 Å². The Hall–Kier alpha value is -0.160. The predicted molar refractivity (Wildman–Crippen MR) is 62.2 cm³/mol. The van der Waals surface area contributed by atoms with Crippen LogP contribution in [0, 0.1) is 0 Å². The summed E-state index contributed by atoms with van der Waals surface area (Å²) in [5, 5.41) is 11.6. The smallest absolute Gasteiger partial charge is 0.0636 e. The van der Waals surface area contributed by atoms with E-state index in [4.69, 9.17) is 16.6 Å². The summed E-state index contributed by atoms with van der Waals surface area (Å²) in [6.07, 6.45) is 3.49. The fourth-order valence-electron chi connectivity index (χ4n) is 0.807. The van der Waals surface area contributed by atoms with Gasteiger partial charge in [-0.2, -0.15) is 0 Å². The molecule has 1 unspecified atom stereocenters. The van der Waals surface area contributed by atoms with Crippen molar-refractivity contribution in [1.29, 1.82) is 0 Å². The molecule has 0 aliphatic heterocycles. The average Bonchev–Trinajstić information content (AvgIpc) is 2.16. The van der Waals surface area contributed by atoms with E-state index in [2.05, 4.69) is 12.2 Å². The normalized spacial score (nSPS) is 11.8. The molecule has 0 aromatic heterocycles. The molecular formula is C10H27N3O. The van der Waals surface area contributed by atoms with Crippen LogP contribution in [-0.2, 0) is 0 Å². The molecule has 0 rings (SSSR count). The molecule has 0 bridgehead atoms. The van der Waals surface area contributed by atoms with Crippen molar-refractivity contribution in [3.8, 4) is 0 Å². The first kappa shape index (κ1) is 16.3. The molecule has 6 N–H and O–H groups in total. The highest BCUT2D eigenvalue weighted by Crippen LogP contribution is 1.88. The van der Waals surface area contributed by atoms with Gasteiger partial charge in [-0.15, -0.1) is 0 Å². The topological polar surface area (TPSA) is 84.3 Å². The molecule has 0 saturated heterocycles. The fraction of sp³-hybridized carbons (Fsp3) is 1.00. The summed E-state index contributed by atoms with van der Waals surface area (Å²) in [4.78, 5) is 0. The molecule has 4 heteroatoms. The Bertz CT molecular complexity index is 85.4. The highest BCUT2D eigenvalue weighted by Gasteiger charge is 1.90. The molecule has 0 aliphatic carbocycles. The van der Waals surface area contributed by atoms with E-state index in [9.17, 15) is 0 Å². The molecule has 0 aromatic carbocycles. The lowest BCUT2D eigenvalue weighted by Gasteiger charge is -2.03. The maximum atomic E-state index is 8.68.